The van der Waals surface area contributed by atoms with E-state index in [-0.39, 0.29) is 12.1 Å². The minimum absolute atomic E-state index is 0.0833. The zero-order chi connectivity index (χ0) is 21.6. The lowest BCUT2D eigenvalue weighted by molar-refractivity contribution is 0.00898. The summed E-state index contributed by atoms with van der Waals surface area (Å²) in [5.74, 6) is 2.11. The molecule has 2 aliphatic heterocycles. The summed E-state index contributed by atoms with van der Waals surface area (Å²) in [5.41, 5.74) is 2.45. The van der Waals surface area contributed by atoms with Gasteiger partial charge in [0.15, 0.2) is 5.65 Å². The molecule has 164 valence electrons. The Kier molecular flexibility index (Phi) is 5.28. The van der Waals surface area contributed by atoms with Crippen molar-refractivity contribution in [2.45, 2.75) is 64.5 Å². The first-order valence-corrected chi connectivity index (χ1v) is 11.0. The Morgan fingerprint density at radius 1 is 1.20 bits per heavy atom. The zero-order valence-corrected chi connectivity index (χ0v) is 19.1. The number of rotatable bonds is 2. The Bertz CT molecular complexity index is 945. The SMILES string of the molecule is CN(C)c1c2c(nc3cc(C4CCCCN4C(=O)OC(C)(C)C)nn13)N(C)CCC2. The number of carbonyl (C=O) groups is 1. The Labute approximate surface area is 178 Å². The molecule has 4 heterocycles. The van der Waals surface area contributed by atoms with E-state index in [1.165, 1.54) is 5.56 Å². The third-order valence-electron chi connectivity index (χ3n) is 5.85. The van der Waals surface area contributed by atoms with Crippen LogP contribution in [-0.2, 0) is 11.2 Å². The summed E-state index contributed by atoms with van der Waals surface area (Å²) in [4.78, 5) is 24.0. The molecule has 0 aromatic carbocycles. The van der Waals surface area contributed by atoms with Gasteiger partial charge in [-0.05, 0) is 52.9 Å². The summed E-state index contributed by atoms with van der Waals surface area (Å²) >= 11 is 0. The van der Waals surface area contributed by atoms with Crippen molar-refractivity contribution in [2.75, 3.05) is 44.0 Å². The average molecular weight is 415 g/mol. The summed E-state index contributed by atoms with van der Waals surface area (Å²) in [6.45, 7) is 7.43. The van der Waals surface area contributed by atoms with Gasteiger partial charge in [0, 0.05) is 45.9 Å². The molecule has 0 N–H and O–H groups in total. The van der Waals surface area contributed by atoms with Crippen LogP contribution in [0.5, 0.6) is 0 Å². The number of amides is 1. The molecule has 30 heavy (non-hydrogen) atoms. The summed E-state index contributed by atoms with van der Waals surface area (Å²) < 4.78 is 7.64. The maximum atomic E-state index is 12.9. The van der Waals surface area contributed by atoms with Crippen LogP contribution >= 0.6 is 0 Å². The van der Waals surface area contributed by atoms with Crippen LogP contribution in [0, 0.1) is 0 Å². The van der Waals surface area contributed by atoms with Crippen LogP contribution in [0.15, 0.2) is 6.07 Å². The molecule has 1 atom stereocenters. The van der Waals surface area contributed by atoms with Gasteiger partial charge in [-0.3, -0.25) is 4.90 Å². The maximum absolute atomic E-state index is 12.9. The highest BCUT2D eigenvalue weighted by molar-refractivity contribution is 5.70. The predicted octanol–water partition coefficient (Wildman–Crippen LogP) is 3.64. The van der Waals surface area contributed by atoms with E-state index in [1.54, 1.807) is 0 Å². The fourth-order valence-corrected chi connectivity index (χ4v) is 4.57. The fraction of sp³-hybridized carbons (Fsp3) is 0.682. The number of piperidine rings is 1. The molecular formula is C22H34N6O2. The number of aromatic nitrogens is 3. The molecule has 0 bridgehead atoms. The van der Waals surface area contributed by atoms with Gasteiger partial charge >= 0.3 is 6.09 Å². The van der Waals surface area contributed by atoms with E-state index >= 15 is 0 Å². The van der Waals surface area contributed by atoms with E-state index in [4.69, 9.17) is 14.8 Å². The molecule has 2 aromatic rings. The molecule has 0 aliphatic carbocycles. The molecule has 4 rings (SSSR count). The van der Waals surface area contributed by atoms with Gasteiger partial charge < -0.3 is 14.5 Å². The monoisotopic (exact) mass is 414 g/mol. The third kappa shape index (κ3) is 3.79. The quantitative estimate of drug-likeness (QED) is 0.747. The van der Waals surface area contributed by atoms with Crippen molar-refractivity contribution in [2.24, 2.45) is 0 Å². The lowest BCUT2D eigenvalue weighted by Gasteiger charge is -2.35. The van der Waals surface area contributed by atoms with E-state index in [0.29, 0.717) is 6.54 Å². The highest BCUT2D eigenvalue weighted by Crippen LogP contribution is 2.36. The van der Waals surface area contributed by atoms with Crippen LogP contribution in [0.1, 0.15) is 63.8 Å². The third-order valence-corrected chi connectivity index (χ3v) is 5.85. The molecule has 0 saturated carbocycles. The molecule has 1 saturated heterocycles. The van der Waals surface area contributed by atoms with Crippen molar-refractivity contribution in [1.82, 2.24) is 19.5 Å². The van der Waals surface area contributed by atoms with Crippen molar-refractivity contribution in [3.63, 3.8) is 0 Å². The Hall–Kier alpha value is -2.51. The lowest BCUT2D eigenvalue weighted by Crippen LogP contribution is -2.42. The van der Waals surface area contributed by atoms with Crippen LogP contribution in [0.3, 0.4) is 0 Å². The zero-order valence-electron chi connectivity index (χ0n) is 19.1. The molecule has 1 amide bonds. The first-order chi connectivity index (χ1) is 14.2. The number of carbonyl (C=O) groups excluding carboxylic acids is 1. The van der Waals surface area contributed by atoms with Crippen molar-refractivity contribution < 1.29 is 9.53 Å². The minimum atomic E-state index is -0.513. The summed E-state index contributed by atoms with van der Waals surface area (Å²) in [5, 5.41) is 4.96. The van der Waals surface area contributed by atoms with Crippen molar-refractivity contribution in [3.8, 4) is 0 Å². The van der Waals surface area contributed by atoms with Gasteiger partial charge in [-0.2, -0.15) is 9.61 Å². The lowest BCUT2D eigenvalue weighted by atomic mass is 10.00. The summed E-state index contributed by atoms with van der Waals surface area (Å²) in [6.07, 6.45) is 4.80. The number of anilines is 2. The van der Waals surface area contributed by atoms with Gasteiger partial charge in [-0.25, -0.2) is 9.78 Å². The Morgan fingerprint density at radius 2 is 1.97 bits per heavy atom. The Morgan fingerprint density at radius 3 is 2.67 bits per heavy atom. The van der Waals surface area contributed by atoms with Crippen molar-refractivity contribution in [3.05, 3.63) is 17.3 Å². The largest absolute Gasteiger partial charge is 0.444 e. The van der Waals surface area contributed by atoms with E-state index in [9.17, 15) is 4.79 Å². The van der Waals surface area contributed by atoms with Gasteiger partial charge in [-0.15, -0.1) is 0 Å². The molecule has 8 nitrogen and oxygen atoms in total. The first-order valence-electron chi connectivity index (χ1n) is 11.0. The molecular weight excluding hydrogens is 380 g/mol. The Balaban J connectivity index is 1.77. The van der Waals surface area contributed by atoms with Gasteiger partial charge in [0.2, 0.25) is 0 Å². The molecule has 2 aliphatic rings. The molecule has 2 aromatic heterocycles. The van der Waals surface area contributed by atoms with E-state index in [2.05, 4.69) is 30.9 Å². The van der Waals surface area contributed by atoms with Crippen LogP contribution < -0.4 is 9.80 Å². The minimum Gasteiger partial charge on any atom is -0.444 e. The standard InChI is InChI=1S/C22H34N6O2/c1-22(2,3)30-21(29)27-13-8-7-11-17(27)16-14-18-23-19-15(10-9-12-26(19)6)20(25(4)5)28(18)24-16/h14,17H,7-13H2,1-6H3. The highest BCUT2D eigenvalue weighted by Gasteiger charge is 2.34. The van der Waals surface area contributed by atoms with E-state index < -0.39 is 5.60 Å². The number of ether oxygens (including phenoxy) is 1. The topological polar surface area (TPSA) is 66.2 Å². The highest BCUT2D eigenvalue weighted by atomic mass is 16.6. The molecule has 1 unspecified atom stereocenters. The van der Waals surface area contributed by atoms with E-state index in [1.807, 2.05) is 36.3 Å². The second-order valence-electron chi connectivity index (χ2n) is 9.68. The molecule has 8 heteroatoms. The fourth-order valence-electron chi connectivity index (χ4n) is 4.57. The number of nitrogens with zero attached hydrogens (tertiary/aromatic N) is 6. The van der Waals surface area contributed by atoms with Crippen molar-refractivity contribution in [1.29, 1.82) is 0 Å². The summed E-state index contributed by atoms with van der Waals surface area (Å²) in [6, 6.07) is 1.96. The van der Waals surface area contributed by atoms with Gasteiger partial charge in [0.05, 0.1) is 11.7 Å². The summed E-state index contributed by atoms with van der Waals surface area (Å²) in [7, 11) is 6.21. The first kappa shape index (κ1) is 20.8. The second kappa shape index (κ2) is 7.63. The van der Waals surface area contributed by atoms with Crippen LogP contribution in [0.2, 0.25) is 0 Å². The second-order valence-corrected chi connectivity index (χ2v) is 9.68. The van der Waals surface area contributed by atoms with Gasteiger partial charge in [0.1, 0.15) is 17.2 Å². The molecule has 0 spiro atoms. The normalized spacial score (nSPS) is 19.7. The smallest absolute Gasteiger partial charge is 0.410 e. The number of likely N-dealkylation sites (tertiary alicyclic amines) is 1. The maximum Gasteiger partial charge on any atom is 0.410 e. The number of fused-ring (bicyclic) bond motifs is 2. The predicted molar refractivity (Wildman–Crippen MR) is 118 cm³/mol. The van der Waals surface area contributed by atoms with Gasteiger partial charge in [0.25, 0.3) is 0 Å². The van der Waals surface area contributed by atoms with Crippen LogP contribution in [-0.4, -0.2) is 65.4 Å². The number of hydrogen-bond donors (Lipinski definition) is 0. The molecule has 1 fully saturated rings. The number of hydrogen-bond acceptors (Lipinski definition) is 6. The van der Waals surface area contributed by atoms with E-state index in [0.717, 1.165) is 61.6 Å². The van der Waals surface area contributed by atoms with Crippen LogP contribution in [0.25, 0.3) is 5.65 Å². The van der Waals surface area contributed by atoms with Crippen LogP contribution in [0.4, 0.5) is 16.4 Å². The average Bonchev–Trinajstić information content (AvgIpc) is 3.08. The van der Waals surface area contributed by atoms with Crippen molar-refractivity contribution >= 4 is 23.4 Å². The van der Waals surface area contributed by atoms with Gasteiger partial charge in [-0.1, -0.05) is 0 Å². The molecule has 0 radical (unpaired) electrons.